The topological polar surface area (TPSA) is 75.7 Å². The number of cyclic esters (lactones) is 1. The fraction of sp³-hybridized carbons (Fsp3) is 0.375. The number of hydrogen-bond acceptors (Lipinski definition) is 4. The molecule has 6 nitrogen and oxygen atoms in total. The first-order chi connectivity index (χ1) is 14.6. The summed E-state index contributed by atoms with van der Waals surface area (Å²) < 4.78 is 5.48. The predicted octanol–water partition coefficient (Wildman–Crippen LogP) is 2.85. The average molecular weight is 404 g/mol. The number of fused-ring (bicyclic) bond motifs is 1. The van der Waals surface area contributed by atoms with Crippen LogP contribution in [0.4, 0.5) is 0 Å². The number of hydrogen-bond donors (Lipinski definition) is 1. The summed E-state index contributed by atoms with van der Waals surface area (Å²) in [5.74, 6) is -0.625. The number of rotatable bonds is 6. The zero-order chi connectivity index (χ0) is 20.7. The molecule has 154 valence electrons. The first-order valence-corrected chi connectivity index (χ1v) is 10.6. The molecule has 2 aromatic carbocycles. The Morgan fingerprint density at radius 3 is 2.43 bits per heavy atom. The van der Waals surface area contributed by atoms with Crippen LogP contribution in [0.15, 0.2) is 48.5 Å². The van der Waals surface area contributed by atoms with Crippen molar-refractivity contribution in [2.24, 2.45) is 0 Å². The number of amides is 2. The van der Waals surface area contributed by atoms with E-state index < -0.39 is 12.1 Å². The molecule has 2 aromatic rings. The molecule has 0 saturated heterocycles. The molecule has 0 bridgehead atoms. The summed E-state index contributed by atoms with van der Waals surface area (Å²) in [6.45, 7) is 0.448. The van der Waals surface area contributed by atoms with Gasteiger partial charge < -0.3 is 15.0 Å². The van der Waals surface area contributed by atoms with Gasteiger partial charge in [0.2, 0.25) is 0 Å². The van der Waals surface area contributed by atoms with Gasteiger partial charge in [-0.2, -0.15) is 0 Å². The highest BCUT2D eigenvalue weighted by molar-refractivity contribution is 5.96. The molecule has 0 aromatic heterocycles. The first kappa shape index (κ1) is 18.9. The van der Waals surface area contributed by atoms with E-state index in [2.05, 4.69) is 5.32 Å². The third-order valence-corrected chi connectivity index (χ3v) is 5.92. The maximum absolute atomic E-state index is 13.2. The van der Waals surface area contributed by atoms with Gasteiger partial charge in [0.15, 0.2) is 6.10 Å². The molecule has 2 saturated carbocycles. The van der Waals surface area contributed by atoms with Crippen molar-refractivity contribution < 1.29 is 19.1 Å². The van der Waals surface area contributed by atoms with Crippen LogP contribution in [-0.2, 0) is 22.5 Å². The number of carbonyl (C=O) groups is 3. The van der Waals surface area contributed by atoms with E-state index in [4.69, 9.17) is 4.74 Å². The van der Waals surface area contributed by atoms with Crippen LogP contribution >= 0.6 is 0 Å². The highest BCUT2D eigenvalue weighted by atomic mass is 16.5. The van der Waals surface area contributed by atoms with Crippen LogP contribution in [0.25, 0.3) is 0 Å². The van der Waals surface area contributed by atoms with Gasteiger partial charge in [0.25, 0.3) is 11.8 Å². The molecule has 1 heterocycles. The Hall–Kier alpha value is -3.15. The van der Waals surface area contributed by atoms with Crippen LogP contribution in [0.5, 0.6) is 0 Å². The largest absolute Gasteiger partial charge is 0.448 e. The predicted molar refractivity (Wildman–Crippen MR) is 110 cm³/mol. The highest BCUT2D eigenvalue weighted by Crippen LogP contribution is 2.31. The summed E-state index contributed by atoms with van der Waals surface area (Å²) in [5, 5.41) is 2.98. The molecular weight excluding hydrogens is 380 g/mol. The van der Waals surface area contributed by atoms with E-state index in [9.17, 15) is 14.4 Å². The molecule has 0 spiro atoms. The summed E-state index contributed by atoms with van der Waals surface area (Å²) in [7, 11) is 0. The van der Waals surface area contributed by atoms with E-state index in [0.717, 1.165) is 36.8 Å². The molecule has 2 fully saturated rings. The normalized spacial score (nSPS) is 20.1. The van der Waals surface area contributed by atoms with E-state index in [1.807, 2.05) is 29.2 Å². The number of esters is 1. The van der Waals surface area contributed by atoms with Crippen molar-refractivity contribution >= 4 is 17.8 Å². The summed E-state index contributed by atoms with van der Waals surface area (Å²) in [4.78, 5) is 39.5. The minimum Gasteiger partial charge on any atom is -0.448 e. The summed E-state index contributed by atoms with van der Waals surface area (Å²) in [6, 6.07) is 15.2. The van der Waals surface area contributed by atoms with Crippen LogP contribution in [0.1, 0.15) is 57.5 Å². The van der Waals surface area contributed by atoms with Crippen molar-refractivity contribution in [3.05, 3.63) is 70.8 Å². The lowest BCUT2D eigenvalue weighted by molar-refractivity contribution is -0.142. The lowest BCUT2D eigenvalue weighted by atomic mass is 9.98. The SMILES string of the molecule is O=C(NC1CC1)c1ccc(CN(C(=O)C2Cc3ccccc3C(=O)O2)C2CC2)cc1. The Balaban J connectivity index is 1.28. The van der Waals surface area contributed by atoms with Gasteiger partial charge in [-0.25, -0.2) is 4.79 Å². The summed E-state index contributed by atoms with van der Waals surface area (Å²) in [5.41, 5.74) is 2.99. The van der Waals surface area contributed by atoms with E-state index in [1.165, 1.54) is 0 Å². The molecule has 5 rings (SSSR count). The van der Waals surface area contributed by atoms with Gasteiger partial charge in [-0.15, -0.1) is 0 Å². The quantitative estimate of drug-likeness (QED) is 0.752. The molecular formula is C24H24N2O4. The first-order valence-electron chi connectivity index (χ1n) is 10.6. The molecule has 1 atom stereocenters. The van der Waals surface area contributed by atoms with Gasteiger partial charge in [-0.3, -0.25) is 9.59 Å². The van der Waals surface area contributed by atoms with Crippen LogP contribution in [0, 0.1) is 0 Å². The molecule has 1 unspecified atom stereocenters. The molecule has 2 aliphatic carbocycles. The summed E-state index contributed by atoms with van der Waals surface area (Å²) in [6.07, 6.45) is 3.66. The second-order valence-corrected chi connectivity index (χ2v) is 8.40. The number of carbonyl (C=O) groups excluding carboxylic acids is 3. The smallest absolute Gasteiger partial charge is 0.339 e. The van der Waals surface area contributed by atoms with Crippen molar-refractivity contribution in [2.45, 2.75) is 56.8 Å². The number of ether oxygens (including phenoxy) is 1. The van der Waals surface area contributed by atoms with Crippen LogP contribution in [0.2, 0.25) is 0 Å². The van der Waals surface area contributed by atoms with Gasteiger partial charge in [-0.05, 0) is 55.0 Å². The molecule has 30 heavy (non-hydrogen) atoms. The second-order valence-electron chi connectivity index (χ2n) is 8.40. The Bertz CT molecular complexity index is 993. The summed E-state index contributed by atoms with van der Waals surface area (Å²) >= 11 is 0. The fourth-order valence-corrected chi connectivity index (χ4v) is 3.88. The Labute approximate surface area is 175 Å². The van der Waals surface area contributed by atoms with Gasteiger partial charge in [0.05, 0.1) is 5.56 Å². The Morgan fingerprint density at radius 2 is 1.73 bits per heavy atom. The molecule has 6 heteroatoms. The van der Waals surface area contributed by atoms with Gasteiger partial charge in [0.1, 0.15) is 0 Å². The minimum absolute atomic E-state index is 0.0491. The van der Waals surface area contributed by atoms with E-state index in [-0.39, 0.29) is 17.9 Å². The Morgan fingerprint density at radius 1 is 1.00 bits per heavy atom. The standard InChI is InChI=1S/C24H24N2O4/c27-22(25-18-9-10-18)16-7-5-15(6-8-16)14-26(19-11-12-19)23(28)21-13-17-3-1-2-4-20(17)24(29)30-21/h1-8,18-19,21H,9-14H2,(H,25,27). The van der Waals surface area contributed by atoms with Crippen molar-refractivity contribution in [1.82, 2.24) is 10.2 Å². The van der Waals surface area contributed by atoms with Crippen LogP contribution in [0.3, 0.4) is 0 Å². The second kappa shape index (κ2) is 7.59. The minimum atomic E-state index is -0.781. The number of nitrogens with zero attached hydrogens (tertiary/aromatic N) is 1. The monoisotopic (exact) mass is 404 g/mol. The maximum atomic E-state index is 13.2. The number of nitrogens with one attached hydrogen (secondary N) is 1. The van der Waals surface area contributed by atoms with Crippen molar-refractivity contribution in [1.29, 1.82) is 0 Å². The Kier molecular flexibility index (Phi) is 4.77. The van der Waals surface area contributed by atoms with Crippen molar-refractivity contribution in [3.63, 3.8) is 0 Å². The van der Waals surface area contributed by atoms with Crippen molar-refractivity contribution in [3.8, 4) is 0 Å². The maximum Gasteiger partial charge on any atom is 0.339 e. The molecule has 3 aliphatic rings. The number of benzene rings is 2. The lowest BCUT2D eigenvalue weighted by Crippen LogP contribution is -2.45. The fourth-order valence-electron chi connectivity index (χ4n) is 3.88. The van der Waals surface area contributed by atoms with Gasteiger partial charge in [0, 0.05) is 30.6 Å². The van der Waals surface area contributed by atoms with E-state index in [0.29, 0.717) is 30.1 Å². The third-order valence-electron chi connectivity index (χ3n) is 5.92. The van der Waals surface area contributed by atoms with E-state index >= 15 is 0 Å². The molecule has 1 N–H and O–H groups in total. The van der Waals surface area contributed by atoms with Crippen LogP contribution in [-0.4, -0.2) is 40.9 Å². The molecule has 0 radical (unpaired) electrons. The average Bonchev–Trinajstić information content (AvgIpc) is 3.67. The highest BCUT2D eigenvalue weighted by Gasteiger charge is 2.39. The van der Waals surface area contributed by atoms with Gasteiger partial charge in [-0.1, -0.05) is 30.3 Å². The van der Waals surface area contributed by atoms with Crippen LogP contribution < -0.4 is 5.32 Å². The zero-order valence-electron chi connectivity index (χ0n) is 16.7. The molecule has 2 amide bonds. The van der Waals surface area contributed by atoms with Gasteiger partial charge >= 0.3 is 5.97 Å². The van der Waals surface area contributed by atoms with Crippen molar-refractivity contribution in [2.75, 3.05) is 0 Å². The third kappa shape index (κ3) is 3.95. The lowest BCUT2D eigenvalue weighted by Gasteiger charge is -2.30. The van der Waals surface area contributed by atoms with E-state index in [1.54, 1.807) is 24.3 Å². The molecule has 1 aliphatic heterocycles. The zero-order valence-corrected chi connectivity index (χ0v) is 16.7.